The highest BCUT2D eigenvalue weighted by molar-refractivity contribution is 6.06. The van der Waals surface area contributed by atoms with Crippen molar-refractivity contribution >= 4 is 22.5 Å². The van der Waals surface area contributed by atoms with E-state index < -0.39 is 40.5 Å². The van der Waals surface area contributed by atoms with Crippen LogP contribution in [0.4, 0.5) is 32.0 Å². The van der Waals surface area contributed by atoms with Crippen molar-refractivity contribution in [2.75, 3.05) is 5.32 Å². The topological polar surface area (TPSA) is 51.1 Å². The van der Waals surface area contributed by atoms with E-state index in [-0.39, 0.29) is 17.0 Å². The van der Waals surface area contributed by atoms with Gasteiger partial charge in [-0.1, -0.05) is 12.1 Å². The average Bonchev–Trinajstić information content (AvgIpc) is 3.07. The van der Waals surface area contributed by atoms with Gasteiger partial charge in [-0.15, -0.1) is 0 Å². The number of carbonyl (C=O) groups excluding carboxylic acids is 1. The Morgan fingerprint density at radius 3 is 2.20 bits per heavy atom. The van der Waals surface area contributed by atoms with Gasteiger partial charge in [-0.25, -0.2) is 0 Å². The molecular weight excluding hydrogens is 414 g/mol. The van der Waals surface area contributed by atoms with Crippen LogP contribution in [0.1, 0.15) is 27.0 Å². The van der Waals surface area contributed by atoms with Crippen LogP contribution in [0.15, 0.2) is 47.4 Å². The summed E-state index contributed by atoms with van der Waals surface area (Å²) in [6, 6.07) is 5.76. The molecule has 0 saturated heterocycles. The number of halogens is 6. The van der Waals surface area contributed by atoms with Gasteiger partial charge in [-0.3, -0.25) is 9.59 Å². The number of rotatable bonds is 2. The summed E-state index contributed by atoms with van der Waals surface area (Å²) in [4.78, 5) is 25.3. The lowest BCUT2D eigenvalue weighted by Gasteiger charge is -2.15. The summed E-state index contributed by atoms with van der Waals surface area (Å²) >= 11 is 0. The molecule has 0 radical (unpaired) electrons. The maximum atomic E-state index is 13.0. The number of para-hydroxylation sites is 1. The maximum Gasteiger partial charge on any atom is 0.416 e. The summed E-state index contributed by atoms with van der Waals surface area (Å²) in [6.45, 7) is 0.498. The number of benzene rings is 2. The zero-order chi connectivity index (χ0) is 21.8. The van der Waals surface area contributed by atoms with Crippen molar-refractivity contribution in [3.8, 4) is 0 Å². The van der Waals surface area contributed by atoms with Gasteiger partial charge in [0, 0.05) is 23.8 Å². The number of aromatic nitrogens is 1. The Kier molecular flexibility index (Phi) is 4.41. The number of pyridine rings is 1. The number of alkyl halides is 6. The zero-order valence-electron chi connectivity index (χ0n) is 15.0. The Morgan fingerprint density at radius 2 is 1.60 bits per heavy atom. The van der Waals surface area contributed by atoms with Gasteiger partial charge in [-0.2, -0.15) is 26.3 Å². The first kappa shape index (κ1) is 20.0. The molecule has 3 aromatic rings. The molecule has 0 bridgehead atoms. The molecule has 1 aliphatic heterocycles. The monoisotopic (exact) mass is 426 g/mol. The van der Waals surface area contributed by atoms with Crippen LogP contribution in [0, 0.1) is 0 Å². The molecule has 10 heteroatoms. The van der Waals surface area contributed by atoms with E-state index in [4.69, 9.17) is 0 Å². The Bertz CT molecular complexity index is 1210. The number of amides is 1. The number of nitrogens with one attached hydrogen (secondary N) is 1. The Hall–Kier alpha value is -3.30. The number of aryl methyl sites for hydroxylation is 2. The van der Waals surface area contributed by atoms with E-state index in [1.165, 1.54) is 12.3 Å². The van der Waals surface area contributed by atoms with E-state index in [2.05, 4.69) is 0 Å². The summed E-state index contributed by atoms with van der Waals surface area (Å²) in [6.07, 6.45) is -8.18. The molecule has 1 aliphatic rings. The van der Waals surface area contributed by atoms with Crippen LogP contribution in [0.25, 0.3) is 10.9 Å². The molecule has 0 saturated carbocycles. The molecule has 4 nitrogen and oxygen atoms in total. The summed E-state index contributed by atoms with van der Waals surface area (Å²) in [5.41, 5.74) is -3.27. The fraction of sp³-hybridized carbons (Fsp3) is 0.200. The second-order valence-corrected chi connectivity index (χ2v) is 6.88. The third-order valence-electron chi connectivity index (χ3n) is 4.89. The Labute approximate surface area is 164 Å². The van der Waals surface area contributed by atoms with Gasteiger partial charge >= 0.3 is 12.4 Å². The average molecular weight is 426 g/mol. The summed E-state index contributed by atoms with van der Waals surface area (Å²) in [7, 11) is 0. The first-order valence-electron chi connectivity index (χ1n) is 8.71. The number of hydrogen-bond donors (Lipinski definition) is 1. The fourth-order valence-electron chi connectivity index (χ4n) is 3.54. The number of nitrogens with zero attached hydrogens (tertiary/aromatic N) is 1. The summed E-state index contributed by atoms with van der Waals surface area (Å²) < 4.78 is 79.7. The van der Waals surface area contributed by atoms with Gasteiger partial charge in [0.25, 0.3) is 5.91 Å². The molecule has 0 spiro atoms. The molecule has 2 heterocycles. The highest BCUT2D eigenvalue weighted by atomic mass is 19.4. The van der Waals surface area contributed by atoms with Crippen molar-refractivity contribution in [2.45, 2.75) is 25.3 Å². The quantitative estimate of drug-likeness (QED) is 0.596. The smallest absolute Gasteiger partial charge is 0.346 e. The number of carbonyl (C=O) groups is 1. The first-order valence-corrected chi connectivity index (χ1v) is 8.71. The molecule has 1 N–H and O–H groups in total. The predicted molar refractivity (Wildman–Crippen MR) is 96.3 cm³/mol. The molecule has 30 heavy (non-hydrogen) atoms. The Morgan fingerprint density at radius 1 is 0.967 bits per heavy atom. The lowest BCUT2D eigenvalue weighted by atomic mass is 10.1. The van der Waals surface area contributed by atoms with E-state index in [1.807, 2.05) is 11.4 Å². The van der Waals surface area contributed by atoms with Crippen LogP contribution in [-0.4, -0.2) is 10.5 Å². The van der Waals surface area contributed by atoms with Gasteiger partial charge in [0.05, 0.1) is 16.6 Å². The molecule has 0 aliphatic carbocycles. The summed E-state index contributed by atoms with van der Waals surface area (Å²) in [5.74, 6) is -1.09. The van der Waals surface area contributed by atoms with Gasteiger partial charge in [0.1, 0.15) is 5.56 Å². The van der Waals surface area contributed by atoms with Gasteiger partial charge in [-0.05, 0) is 36.2 Å². The lowest BCUT2D eigenvalue weighted by Crippen LogP contribution is -2.24. The van der Waals surface area contributed by atoms with E-state index in [0.29, 0.717) is 30.6 Å². The SMILES string of the molecule is O=C(Nc1cc(C(F)(F)F)cc(C(F)(F)F)c1)c1cn2c3c(cccc3c1=O)CC2. The zero-order valence-corrected chi connectivity index (χ0v) is 15.0. The van der Waals surface area contributed by atoms with Crippen molar-refractivity contribution in [2.24, 2.45) is 0 Å². The van der Waals surface area contributed by atoms with E-state index >= 15 is 0 Å². The normalized spacial score (nSPS) is 13.7. The maximum absolute atomic E-state index is 13.0. The van der Waals surface area contributed by atoms with E-state index in [0.717, 1.165) is 5.56 Å². The van der Waals surface area contributed by atoms with E-state index in [1.54, 1.807) is 10.6 Å². The highest BCUT2D eigenvalue weighted by Crippen LogP contribution is 2.37. The minimum Gasteiger partial charge on any atom is -0.346 e. The standard InChI is InChI=1S/C20H12F6N2O2/c21-19(22,23)11-6-12(20(24,25)26)8-13(7-11)27-18(30)15-9-28-5-4-10-2-1-3-14(16(10)28)17(15)29/h1-3,6-9H,4-5H2,(H,27,30). The molecule has 4 rings (SSSR count). The Balaban J connectivity index is 1.77. The van der Waals surface area contributed by atoms with Crippen molar-refractivity contribution in [3.63, 3.8) is 0 Å². The lowest BCUT2D eigenvalue weighted by molar-refractivity contribution is -0.143. The van der Waals surface area contributed by atoms with Crippen molar-refractivity contribution in [3.05, 3.63) is 75.1 Å². The number of anilines is 1. The summed E-state index contributed by atoms with van der Waals surface area (Å²) in [5, 5.41) is 2.27. The molecule has 1 aromatic heterocycles. The van der Waals surface area contributed by atoms with Crippen LogP contribution in [0.5, 0.6) is 0 Å². The molecule has 0 fully saturated rings. The van der Waals surface area contributed by atoms with Crippen LogP contribution in [-0.2, 0) is 25.3 Å². The van der Waals surface area contributed by atoms with E-state index in [9.17, 15) is 35.9 Å². The molecule has 0 atom stereocenters. The highest BCUT2D eigenvalue weighted by Gasteiger charge is 2.37. The molecule has 2 aromatic carbocycles. The molecule has 0 unspecified atom stereocenters. The van der Waals surface area contributed by atoms with Crippen molar-refractivity contribution < 1.29 is 31.1 Å². The van der Waals surface area contributed by atoms with Crippen molar-refractivity contribution in [1.82, 2.24) is 4.57 Å². The molecular formula is C20H12F6N2O2. The van der Waals surface area contributed by atoms with Gasteiger partial charge in [0.2, 0.25) is 5.43 Å². The van der Waals surface area contributed by atoms with Crippen LogP contribution in [0.3, 0.4) is 0 Å². The second kappa shape index (κ2) is 6.61. The molecule has 1 amide bonds. The predicted octanol–water partition coefficient (Wildman–Crippen LogP) is 4.85. The fourth-order valence-corrected chi connectivity index (χ4v) is 3.54. The van der Waals surface area contributed by atoms with Crippen molar-refractivity contribution in [1.29, 1.82) is 0 Å². The van der Waals surface area contributed by atoms with Crippen LogP contribution >= 0.6 is 0 Å². The van der Waals surface area contributed by atoms with Gasteiger partial charge < -0.3 is 9.88 Å². The number of hydrogen-bond acceptors (Lipinski definition) is 2. The second-order valence-electron chi connectivity index (χ2n) is 6.88. The van der Waals surface area contributed by atoms with Crippen LogP contribution < -0.4 is 10.7 Å². The van der Waals surface area contributed by atoms with Gasteiger partial charge in [0.15, 0.2) is 0 Å². The first-order chi connectivity index (χ1) is 13.9. The third-order valence-corrected chi connectivity index (χ3v) is 4.89. The minimum absolute atomic E-state index is 0.0390. The van der Waals surface area contributed by atoms with Crippen LogP contribution in [0.2, 0.25) is 0 Å². The minimum atomic E-state index is -5.05. The largest absolute Gasteiger partial charge is 0.416 e. The third kappa shape index (κ3) is 3.42. The molecule has 156 valence electrons.